The Labute approximate surface area is 134 Å². The lowest BCUT2D eigenvalue weighted by molar-refractivity contribution is 0.316. The molecule has 0 saturated heterocycles. The fourth-order valence-corrected chi connectivity index (χ4v) is 2.97. The number of phenolic OH excluding ortho intramolecular Hbond substituents is 1. The minimum Gasteiger partial charge on any atom is -0.507 e. The molecular formula is C19H21NO3. The molecular weight excluding hydrogens is 290 g/mol. The zero-order valence-corrected chi connectivity index (χ0v) is 13.5. The number of rotatable bonds is 5. The largest absolute Gasteiger partial charge is 0.507 e. The summed E-state index contributed by atoms with van der Waals surface area (Å²) >= 11 is 0. The highest BCUT2D eigenvalue weighted by Gasteiger charge is 2.15. The number of hydrogen-bond donors (Lipinski definition) is 1. The fourth-order valence-electron chi connectivity index (χ4n) is 2.97. The second kappa shape index (κ2) is 6.32. The number of benzene rings is 2. The molecule has 0 spiro atoms. The summed E-state index contributed by atoms with van der Waals surface area (Å²) in [6.45, 7) is 5.47. The second-order valence-corrected chi connectivity index (χ2v) is 5.68. The van der Waals surface area contributed by atoms with Crippen LogP contribution in [-0.4, -0.2) is 16.3 Å². The highest BCUT2D eigenvalue weighted by Crippen LogP contribution is 2.31. The van der Waals surface area contributed by atoms with Gasteiger partial charge in [0.1, 0.15) is 11.5 Å². The van der Waals surface area contributed by atoms with Crippen molar-refractivity contribution in [3.05, 3.63) is 46.6 Å². The van der Waals surface area contributed by atoms with E-state index in [-0.39, 0.29) is 11.2 Å². The summed E-state index contributed by atoms with van der Waals surface area (Å²) in [5, 5.41) is 11.4. The highest BCUT2D eigenvalue weighted by molar-refractivity contribution is 5.97. The third kappa shape index (κ3) is 2.65. The van der Waals surface area contributed by atoms with Crippen LogP contribution in [-0.2, 0) is 6.54 Å². The first-order valence-electron chi connectivity index (χ1n) is 8.08. The van der Waals surface area contributed by atoms with Crippen molar-refractivity contribution in [3.63, 3.8) is 0 Å². The minimum absolute atomic E-state index is 0.0193. The van der Waals surface area contributed by atoms with Crippen molar-refractivity contribution >= 4 is 21.8 Å². The van der Waals surface area contributed by atoms with Gasteiger partial charge >= 0.3 is 0 Å². The van der Waals surface area contributed by atoms with Gasteiger partial charge in [-0.15, -0.1) is 0 Å². The molecule has 0 bridgehead atoms. The van der Waals surface area contributed by atoms with Crippen LogP contribution in [0.2, 0.25) is 0 Å². The molecule has 0 aliphatic rings. The van der Waals surface area contributed by atoms with E-state index in [2.05, 4.69) is 11.5 Å². The summed E-state index contributed by atoms with van der Waals surface area (Å²) in [5.74, 6) is 0.575. The molecule has 0 atom stereocenters. The van der Waals surface area contributed by atoms with Crippen molar-refractivity contribution in [2.75, 3.05) is 6.61 Å². The molecule has 1 aromatic heterocycles. The van der Waals surface area contributed by atoms with Crippen LogP contribution < -0.4 is 10.2 Å². The standard InChI is InChI=1S/C19H21NO3/c1-3-9-20-15-8-6-5-7-14(15)19(22)18-16(20)11-13(12-17(18)21)23-10-4-2/h5-8,11-12,21H,3-4,9-10H2,1-2H3. The summed E-state index contributed by atoms with van der Waals surface area (Å²) in [6, 6.07) is 10.9. The number of hydrogen-bond acceptors (Lipinski definition) is 3. The van der Waals surface area contributed by atoms with E-state index >= 15 is 0 Å². The molecule has 3 aromatic rings. The predicted molar refractivity (Wildman–Crippen MR) is 93.5 cm³/mol. The Balaban J connectivity index is 2.40. The summed E-state index contributed by atoms with van der Waals surface area (Å²) in [6.07, 6.45) is 1.82. The quantitative estimate of drug-likeness (QED) is 0.723. The maximum absolute atomic E-state index is 12.8. The van der Waals surface area contributed by atoms with Crippen molar-refractivity contribution in [1.82, 2.24) is 4.57 Å². The molecule has 4 heteroatoms. The van der Waals surface area contributed by atoms with Crippen LogP contribution in [0, 0.1) is 0 Å². The number of ether oxygens (including phenoxy) is 1. The number of aryl methyl sites for hydroxylation is 1. The lowest BCUT2D eigenvalue weighted by Gasteiger charge is -2.16. The van der Waals surface area contributed by atoms with Gasteiger partial charge in [0.15, 0.2) is 0 Å². The molecule has 0 amide bonds. The number of para-hydroxylation sites is 1. The van der Waals surface area contributed by atoms with E-state index in [1.807, 2.05) is 37.3 Å². The smallest absolute Gasteiger partial charge is 0.200 e. The van der Waals surface area contributed by atoms with Crippen LogP contribution in [0.25, 0.3) is 21.8 Å². The van der Waals surface area contributed by atoms with Gasteiger partial charge in [-0.2, -0.15) is 0 Å². The molecule has 0 unspecified atom stereocenters. The van der Waals surface area contributed by atoms with Gasteiger partial charge in [-0.25, -0.2) is 0 Å². The number of phenols is 1. The van der Waals surface area contributed by atoms with Crippen LogP contribution in [0.5, 0.6) is 11.5 Å². The van der Waals surface area contributed by atoms with Crippen LogP contribution in [0.15, 0.2) is 41.2 Å². The molecule has 2 aromatic carbocycles. The van der Waals surface area contributed by atoms with Crippen molar-refractivity contribution in [2.45, 2.75) is 33.2 Å². The molecule has 0 fully saturated rings. The molecule has 4 nitrogen and oxygen atoms in total. The number of pyridine rings is 1. The lowest BCUT2D eigenvalue weighted by atomic mass is 10.1. The van der Waals surface area contributed by atoms with E-state index in [0.717, 1.165) is 30.4 Å². The molecule has 23 heavy (non-hydrogen) atoms. The van der Waals surface area contributed by atoms with E-state index in [0.29, 0.717) is 23.1 Å². The molecule has 0 aliphatic carbocycles. The third-order valence-corrected chi connectivity index (χ3v) is 3.95. The van der Waals surface area contributed by atoms with Crippen LogP contribution in [0.4, 0.5) is 0 Å². The van der Waals surface area contributed by atoms with Crippen LogP contribution in [0.1, 0.15) is 26.7 Å². The van der Waals surface area contributed by atoms with Gasteiger partial charge in [-0.1, -0.05) is 26.0 Å². The predicted octanol–water partition coefficient (Wildman–Crippen LogP) is 4.06. The highest BCUT2D eigenvalue weighted by atomic mass is 16.5. The number of nitrogens with zero attached hydrogens (tertiary/aromatic N) is 1. The zero-order valence-electron chi connectivity index (χ0n) is 13.5. The van der Waals surface area contributed by atoms with Gasteiger partial charge in [-0.05, 0) is 25.0 Å². The summed E-state index contributed by atoms with van der Waals surface area (Å²) in [5.41, 5.74) is 1.48. The molecule has 0 saturated carbocycles. The van der Waals surface area contributed by atoms with E-state index < -0.39 is 0 Å². The Morgan fingerprint density at radius 2 is 1.87 bits per heavy atom. The van der Waals surface area contributed by atoms with Crippen molar-refractivity contribution in [1.29, 1.82) is 0 Å². The van der Waals surface area contributed by atoms with E-state index in [1.54, 1.807) is 0 Å². The summed E-state index contributed by atoms with van der Waals surface area (Å²) in [7, 11) is 0. The van der Waals surface area contributed by atoms with Crippen LogP contribution >= 0.6 is 0 Å². The van der Waals surface area contributed by atoms with Crippen LogP contribution in [0.3, 0.4) is 0 Å². The van der Waals surface area contributed by atoms with Crippen molar-refractivity contribution in [3.8, 4) is 11.5 Å². The molecule has 0 aliphatic heterocycles. The summed E-state index contributed by atoms with van der Waals surface area (Å²) < 4.78 is 7.74. The average Bonchev–Trinajstić information content (AvgIpc) is 2.56. The first kappa shape index (κ1) is 15.4. The zero-order chi connectivity index (χ0) is 16.4. The summed E-state index contributed by atoms with van der Waals surface area (Å²) in [4.78, 5) is 12.8. The fraction of sp³-hybridized carbons (Fsp3) is 0.316. The van der Waals surface area contributed by atoms with Gasteiger partial charge < -0.3 is 14.4 Å². The Morgan fingerprint density at radius 1 is 1.09 bits per heavy atom. The van der Waals surface area contributed by atoms with Crippen molar-refractivity contribution in [2.24, 2.45) is 0 Å². The van der Waals surface area contributed by atoms with E-state index in [4.69, 9.17) is 4.74 Å². The van der Waals surface area contributed by atoms with Gasteiger partial charge in [0, 0.05) is 24.1 Å². The Bertz CT molecular complexity index is 912. The number of aromatic nitrogens is 1. The maximum atomic E-state index is 12.8. The molecule has 3 rings (SSSR count). The minimum atomic E-state index is -0.137. The first-order chi connectivity index (χ1) is 11.2. The van der Waals surface area contributed by atoms with Gasteiger partial charge in [-0.3, -0.25) is 4.79 Å². The average molecular weight is 311 g/mol. The normalized spacial score (nSPS) is 11.2. The van der Waals surface area contributed by atoms with Gasteiger partial charge in [0.05, 0.1) is 23.0 Å². The van der Waals surface area contributed by atoms with Crippen molar-refractivity contribution < 1.29 is 9.84 Å². The third-order valence-electron chi connectivity index (χ3n) is 3.95. The molecule has 0 radical (unpaired) electrons. The molecule has 120 valence electrons. The number of fused-ring (bicyclic) bond motifs is 2. The first-order valence-corrected chi connectivity index (χ1v) is 8.08. The monoisotopic (exact) mass is 311 g/mol. The van der Waals surface area contributed by atoms with E-state index in [1.165, 1.54) is 6.07 Å². The van der Waals surface area contributed by atoms with Gasteiger partial charge in [0.2, 0.25) is 5.43 Å². The van der Waals surface area contributed by atoms with Gasteiger partial charge in [0.25, 0.3) is 0 Å². The SMILES string of the molecule is CCCOc1cc(O)c2c(=O)c3ccccc3n(CCC)c2c1. The Morgan fingerprint density at radius 3 is 2.61 bits per heavy atom. The lowest BCUT2D eigenvalue weighted by Crippen LogP contribution is -2.12. The molecule has 1 heterocycles. The Kier molecular flexibility index (Phi) is 4.24. The molecule has 1 N–H and O–H groups in total. The second-order valence-electron chi connectivity index (χ2n) is 5.68. The Hall–Kier alpha value is -2.49. The maximum Gasteiger partial charge on any atom is 0.200 e. The van der Waals surface area contributed by atoms with E-state index in [9.17, 15) is 9.90 Å². The topological polar surface area (TPSA) is 51.5 Å². The number of aromatic hydroxyl groups is 1.